The third-order valence-corrected chi connectivity index (χ3v) is 0.710. The first-order valence-electron chi connectivity index (χ1n) is 2.92. The van der Waals surface area contributed by atoms with Crippen LogP contribution in [0, 0.1) is 0 Å². The lowest BCUT2D eigenvalue weighted by molar-refractivity contribution is -0.173. The molecule has 0 atom stereocenters. The van der Waals surface area contributed by atoms with Gasteiger partial charge in [-0.3, -0.25) is 4.79 Å². The van der Waals surface area contributed by atoms with Crippen LogP contribution in [0.15, 0.2) is 12.0 Å². The number of hydrogen-bond acceptors (Lipinski definition) is 3. The second-order valence-corrected chi connectivity index (χ2v) is 2.00. The molecule has 0 radical (unpaired) electrons. The Morgan fingerprint density at radius 1 is 1.58 bits per heavy atom. The summed E-state index contributed by atoms with van der Waals surface area (Å²) >= 11 is 0. The van der Waals surface area contributed by atoms with Crippen LogP contribution in [-0.2, 0) is 9.53 Å². The molecule has 70 valence electrons. The number of alkyl halides is 3. The molecule has 0 aliphatic carbocycles. The van der Waals surface area contributed by atoms with E-state index in [1.54, 1.807) is 0 Å². The number of carbonyl (C=O) groups is 1. The highest BCUT2D eigenvalue weighted by atomic mass is 19.4. The quantitative estimate of drug-likeness (QED) is 0.534. The molecular weight excluding hydrogens is 177 g/mol. The molecule has 0 amide bonds. The molecule has 0 heterocycles. The minimum absolute atomic E-state index is 0.561. The smallest absolute Gasteiger partial charge is 0.422 e. The molecule has 0 bridgehead atoms. The van der Waals surface area contributed by atoms with Crippen molar-refractivity contribution < 1.29 is 27.8 Å². The van der Waals surface area contributed by atoms with Gasteiger partial charge in [0.2, 0.25) is 0 Å². The van der Waals surface area contributed by atoms with Crippen molar-refractivity contribution >= 4 is 5.78 Å². The predicted molar refractivity (Wildman–Crippen MR) is 33.4 cm³/mol. The summed E-state index contributed by atoms with van der Waals surface area (Å²) in [5.41, 5.74) is 0. The maximum Gasteiger partial charge on any atom is 0.422 e. The Hall–Kier alpha value is -1.20. The van der Waals surface area contributed by atoms with Crippen molar-refractivity contribution in [3.05, 3.63) is 12.0 Å². The Morgan fingerprint density at radius 2 is 2.08 bits per heavy atom. The molecule has 3 nitrogen and oxygen atoms in total. The van der Waals surface area contributed by atoms with Gasteiger partial charge in [-0.15, -0.1) is 0 Å². The summed E-state index contributed by atoms with van der Waals surface area (Å²) in [5, 5.41) is 8.50. The number of halogens is 3. The van der Waals surface area contributed by atoms with Crippen LogP contribution in [0.5, 0.6) is 0 Å². The van der Waals surface area contributed by atoms with Gasteiger partial charge in [0.05, 0.1) is 6.08 Å². The maximum atomic E-state index is 11.4. The molecule has 12 heavy (non-hydrogen) atoms. The fourth-order valence-electron chi connectivity index (χ4n) is 0.371. The maximum absolute atomic E-state index is 11.4. The summed E-state index contributed by atoms with van der Waals surface area (Å²) in [5.74, 6) is -1.62. The molecular formula is C6H7F3O3. The SMILES string of the molecule is CC(=O)/C=C(\O)OCC(F)(F)F. The second-order valence-electron chi connectivity index (χ2n) is 2.00. The molecule has 6 heteroatoms. The van der Waals surface area contributed by atoms with Crippen LogP contribution in [0.3, 0.4) is 0 Å². The van der Waals surface area contributed by atoms with E-state index in [1.165, 1.54) is 0 Å². The van der Waals surface area contributed by atoms with Crippen molar-refractivity contribution in [3.8, 4) is 0 Å². The lowest BCUT2D eigenvalue weighted by Crippen LogP contribution is -2.16. The minimum atomic E-state index is -4.52. The normalized spacial score (nSPS) is 12.8. The Balaban J connectivity index is 3.87. The van der Waals surface area contributed by atoms with E-state index in [-0.39, 0.29) is 0 Å². The van der Waals surface area contributed by atoms with E-state index in [0.717, 1.165) is 6.92 Å². The van der Waals surface area contributed by atoms with Gasteiger partial charge in [-0.2, -0.15) is 13.2 Å². The van der Waals surface area contributed by atoms with E-state index in [4.69, 9.17) is 5.11 Å². The fraction of sp³-hybridized carbons (Fsp3) is 0.500. The van der Waals surface area contributed by atoms with Gasteiger partial charge in [0, 0.05) is 0 Å². The van der Waals surface area contributed by atoms with Crippen LogP contribution in [0.1, 0.15) is 6.92 Å². The highest BCUT2D eigenvalue weighted by Gasteiger charge is 2.28. The lowest BCUT2D eigenvalue weighted by atomic mass is 10.4. The van der Waals surface area contributed by atoms with Crippen LogP contribution in [0.4, 0.5) is 13.2 Å². The molecule has 0 aromatic heterocycles. The van der Waals surface area contributed by atoms with E-state index >= 15 is 0 Å². The number of hydrogen-bond donors (Lipinski definition) is 1. The zero-order valence-corrected chi connectivity index (χ0v) is 6.18. The van der Waals surface area contributed by atoms with E-state index in [2.05, 4.69) is 4.74 Å². The van der Waals surface area contributed by atoms with Crippen LogP contribution in [0.25, 0.3) is 0 Å². The Morgan fingerprint density at radius 3 is 2.42 bits per heavy atom. The molecule has 0 spiro atoms. The molecule has 0 rings (SSSR count). The first-order chi connectivity index (χ1) is 5.31. The van der Waals surface area contributed by atoms with Crippen LogP contribution in [0.2, 0.25) is 0 Å². The van der Waals surface area contributed by atoms with Crippen molar-refractivity contribution in [3.63, 3.8) is 0 Å². The molecule has 0 unspecified atom stereocenters. The minimum Gasteiger partial charge on any atom is -0.481 e. The average molecular weight is 184 g/mol. The van der Waals surface area contributed by atoms with E-state index in [1.807, 2.05) is 0 Å². The molecule has 1 N–H and O–H groups in total. The fourth-order valence-corrected chi connectivity index (χ4v) is 0.371. The van der Waals surface area contributed by atoms with Gasteiger partial charge in [0.25, 0.3) is 5.95 Å². The lowest BCUT2D eigenvalue weighted by Gasteiger charge is -2.06. The van der Waals surface area contributed by atoms with Gasteiger partial charge in [-0.05, 0) is 6.92 Å². The molecule has 0 fully saturated rings. The van der Waals surface area contributed by atoms with Crippen LogP contribution >= 0.6 is 0 Å². The van der Waals surface area contributed by atoms with Gasteiger partial charge in [0.1, 0.15) is 0 Å². The zero-order valence-electron chi connectivity index (χ0n) is 6.18. The number of aliphatic hydroxyl groups is 1. The number of ketones is 1. The summed E-state index contributed by atoms with van der Waals surface area (Å²) in [6, 6.07) is 0. The van der Waals surface area contributed by atoms with Gasteiger partial charge in [-0.1, -0.05) is 0 Å². The summed E-state index contributed by atoms with van der Waals surface area (Å²) in [6.07, 6.45) is -3.95. The van der Waals surface area contributed by atoms with Crippen molar-refractivity contribution in [2.45, 2.75) is 13.1 Å². The van der Waals surface area contributed by atoms with Crippen molar-refractivity contribution in [1.82, 2.24) is 0 Å². The first-order valence-corrected chi connectivity index (χ1v) is 2.92. The Bertz CT molecular complexity index is 195. The molecule has 0 aromatic carbocycles. The third kappa shape index (κ3) is 6.91. The number of rotatable bonds is 3. The zero-order chi connectivity index (χ0) is 9.78. The largest absolute Gasteiger partial charge is 0.481 e. The Kier molecular flexibility index (Phi) is 3.59. The number of carbonyl (C=O) groups excluding carboxylic acids is 1. The van der Waals surface area contributed by atoms with Crippen molar-refractivity contribution in [2.24, 2.45) is 0 Å². The number of aliphatic hydroxyl groups excluding tert-OH is 1. The highest BCUT2D eigenvalue weighted by Crippen LogP contribution is 2.15. The van der Waals surface area contributed by atoms with Crippen molar-refractivity contribution in [2.75, 3.05) is 6.61 Å². The highest BCUT2D eigenvalue weighted by molar-refractivity contribution is 5.87. The second kappa shape index (κ2) is 3.99. The van der Waals surface area contributed by atoms with Gasteiger partial charge < -0.3 is 9.84 Å². The Labute approximate surface area is 66.4 Å². The topological polar surface area (TPSA) is 46.5 Å². The van der Waals surface area contributed by atoms with Crippen molar-refractivity contribution in [1.29, 1.82) is 0 Å². The third-order valence-electron chi connectivity index (χ3n) is 0.710. The molecule has 0 aliphatic heterocycles. The predicted octanol–water partition coefficient (Wildman–Crippen LogP) is 1.55. The van der Waals surface area contributed by atoms with E-state index in [0.29, 0.717) is 6.08 Å². The van der Waals surface area contributed by atoms with E-state index in [9.17, 15) is 18.0 Å². The molecule has 0 aliphatic rings. The summed E-state index contributed by atoms with van der Waals surface area (Å²) in [6.45, 7) is -0.532. The average Bonchev–Trinajstić information content (AvgIpc) is 1.80. The molecule has 0 saturated carbocycles. The molecule has 0 aromatic rings. The van der Waals surface area contributed by atoms with E-state index < -0.39 is 24.5 Å². The molecule has 0 saturated heterocycles. The van der Waals surface area contributed by atoms with Gasteiger partial charge >= 0.3 is 6.18 Å². The monoisotopic (exact) mass is 184 g/mol. The summed E-state index contributed by atoms with van der Waals surface area (Å²) < 4.78 is 38.0. The standard InChI is InChI=1S/C6H7F3O3/c1-4(10)2-5(11)12-3-6(7,8)9/h2,11H,3H2,1H3/b5-2+. The van der Waals surface area contributed by atoms with Crippen LogP contribution < -0.4 is 0 Å². The summed E-state index contributed by atoms with van der Waals surface area (Å²) in [4.78, 5) is 10.2. The van der Waals surface area contributed by atoms with Gasteiger partial charge in [-0.25, -0.2) is 0 Å². The summed E-state index contributed by atoms with van der Waals surface area (Å²) in [7, 11) is 0. The number of ether oxygens (including phenoxy) is 1. The van der Waals surface area contributed by atoms with Crippen LogP contribution in [-0.4, -0.2) is 23.7 Å². The first kappa shape index (κ1) is 10.8. The van der Waals surface area contributed by atoms with Gasteiger partial charge in [0.15, 0.2) is 12.4 Å². The number of allylic oxidation sites excluding steroid dienone is 1.